The average Bonchev–Trinajstić information content (AvgIpc) is 2.69. The van der Waals surface area contributed by atoms with Gasteiger partial charge in [-0.05, 0) is 43.9 Å². The molecule has 27 heavy (non-hydrogen) atoms. The molecule has 0 spiro atoms. The van der Waals surface area contributed by atoms with Crippen LogP contribution in [0.3, 0.4) is 0 Å². The van der Waals surface area contributed by atoms with Crippen molar-refractivity contribution in [2.24, 2.45) is 0 Å². The zero-order chi connectivity index (χ0) is 18.9. The van der Waals surface area contributed by atoms with Gasteiger partial charge in [0.25, 0.3) is 11.9 Å². The van der Waals surface area contributed by atoms with Crippen molar-refractivity contribution >= 4 is 17.6 Å². The minimum atomic E-state index is 0.335. The third-order valence-electron chi connectivity index (χ3n) is 3.69. The number of hydrogen-bond acceptors (Lipinski definition) is 8. The molecule has 8 nitrogen and oxygen atoms in total. The molecule has 1 heterocycles. The highest BCUT2D eigenvalue weighted by atomic mass is 16.5. The van der Waals surface area contributed by atoms with Crippen molar-refractivity contribution < 1.29 is 4.74 Å². The Labute approximate surface area is 158 Å². The van der Waals surface area contributed by atoms with Crippen molar-refractivity contribution in [2.75, 3.05) is 37.9 Å². The third-order valence-corrected chi connectivity index (χ3v) is 3.69. The quantitative estimate of drug-likeness (QED) is 0.598. The van der Waals surface area contributed by atoms with Crippen LogP contribution in [-0.4, -0.2) is 52.5 Å². The van der Waals surface area contributed by atoms with Gasteiger partial charge in [-0.15, -0.1) is 20.4 Å². The standard InChI is InChI=1S/C19H23N7O/c1-26(2)12-13-27-17-10-8-16(9-11-17)21-19-24-22-18(23-25-19)20-14-15-6-4-3-5-7-15/h3-11H,12-14H2,1-2H3,(H,20,22,23)(H,21,24,25). The summed E-state index contributed by atoms with van der Waals surface area (Å²) in [4.78, 5) is 2.08. The summed E-state index contributed by atoms with van der Waals surface area (Å²) >= 11 is 0. The lowest BCUT2D eigenvalue weighted by atomic mass is 10.2. The fourth-order valence-electron chi connectivity index (χ4n) is 2.24. The molecule has 2 aromatic carbocycles. The van der Waals surface area contributed by atoms with Crippen LogP contribution >= 0.6 is 0 Å². The Morgan fingerprint density at radius 2 is 1.52 bits per heavy atom. The third kappa shape index (κ3) is 6.19. The van der Waals surface area contributed by atoms with Crippen LogP contribution in [0.4, 0.5) is 17.6 Å². The summed E-state index contributed by atoms with van der Waals surface area (Å²) < 4.78 is 5.67. The SMILES string of the molecule is CN(C)CCOc1ccc(Nc2nnc(NCc3ccccc3)nn2)cc1. The van der Waals surface area contributed by atoms with Crippen LogP contribution in [0.15, 0.2) is 54.6 Å². The van der Waals surface area contributed by atoms with Gasteiger partial charge < -0.3 is 20.3 Å². The molecule has 0 fully saturated rings. The number of nitrogens with zero attached hydrogens (tertiary/aromatic N) is 5. The lowest BCUT2D eigenvalue weighted by Crippen LogP contribution is -2.19. The Kier molecular flexibility index (Phi) is 6.48. The van der Waals surface area contributed by atoms with Gasteiger partial charge in [-0.2, -0.15) is 0 Å². The number of ether oxygens (including phenoxy) is 1. The van der Waals surface area contributed by atoms with Crippen LogP contribution in [0.5, 0.6) is 5.75 Å². The molecule has 0 saturated carbocycles. The first-order valence-corrected chi connectivity index (χ1v) is 8.69. The van der Waals surface area contributed by atoms with Gasteiger partial charge in [0.1, 0.15) is 12.4 Å². The van der Waals surface area contributed by atoms with Crippen LogP contribution in [-0.2, 0) is 6.54 Å². The molecule has 1 aromatic heterocycles. The fraction of sp³-hybridized carbons (Fsp3) is 0.263. The summed E-state index contributed by atoms with van der Waals surface area (Å²) in [7, 11) is 4.03. The van der Waals surface area contributed by atoms with Gasteiger partial charge in [-0.25, -0.2) is 0 Å². The Morgan fingerprint density at radius 1 is 0.852 bits per heavy atom. The minimum Gasteiger partial charge on any atom is -0.492 e. The highest BCUT2D eigenvalue weighted by Gasteiger charge is 2.03. The molecular weight excluding hydrogens is 342 g/mol. The van der Waals surface area contributed by atoms with Gasteiger partial charge in [0.05, 0.1) is 0 Å². The summed E-state index contributed by atoms with van der Waals surface area (Å²) in [6.45, 7) is 2.14. The molecule has 3 aromatic rings. The van der Waals surface area contributed by atoms with Gasteiger partial charge in [-0.1, -0.05) is 30.3 Å². The molecule has 0 radical (unpaired) electrons. The Morgan fingerprint density at radius 3 is 2.19 bits per heavy atom. The van der Waals surface area contributed by atoms with E-state index in [0.29, 0.717) is 25.0 Å². The van der Waals surface area contributed by atoms with E-state index < -0.39 is 0 Å². The molecule has 0 unspecified atom stereocenters. The van der Waals surface area contributed by atoms with Gasteiger partial charge in [0, 0.05) is 18.8 Å². The lowest BCUT2D eigenvalue weighted by Gasteiger charge is -2.11. The predicted octanol–water partition coefficient (Wildman–Crippen LogP) is 2.56. The van der Waals surface area contributed by atoms with E-state index in [4.69, 9.17) is 4.74 Å². The molecule has 0 atom stereocenters. The van der Waals surface area contributed by atoms with Gasteiger partial charge in [0.15, 0.2) is 0 Å². The topological polar surface area (TPSA) is 88.1 Å². The van der Waals surface area contributed by atoms with Crippen molar-refractivity contribution in [1.29, 1.82) is 0 Å². The van der Waals surface area contributed by atoms with E-state index in [0.717, 1.165) is 23.5 Å². The molecule has 0 bridgehead atoms. The lowest BCUT2D eigenvalue weighted by molar-refractivity contribution is 0.261. The van der Waals surface area contributed by atoms with Crippen LogP contribution in [0.2, 0.25) is 0 Å². The van der Waals surface area contributed by atoms with E-state index in [1.54, 1.807) is 0 Å². The van der Waals surface area contributed by atoms with Gasteiger partial charge in [0.2, 0.25) is 0 Å². The van der Waals surface area contributed by atoms with E-state index in [1.165, 1.54) is 0 Å². The maximum atomic E-state index is 5.67. The molecular formula is C19H23N7O. The normalized spacial score (nSPS) is 10.6. The first-order valence-electron chi connectivity index (χ1n) is 8.69. The second-order valence-corrected chi connectivity index (χ2v) is 6.19. The van der Waals surface area contributed by atoms with E-state index in [2.05, 4.69) is 35.9 Å². The Hall–Kier alpha value is -3.26. The molecule has 0 saturated heterocycles. The molecule has 8 heteroatoms. The molecule has 0 amide bonds. The average molecular weight is 365 g/mol. The van der Waals surface area contributed by atoms with Crippen molar-refractivity contribution in [1.82, 2.24) is 25.3 Å². The summed E-state index contributed by atoms with van der Waals surface area (Å²) in [6.07, 6.45) is 0. The fourth-order valence-corrected chi connectivity index (χ4v) is 2.24. The smallest absolute Gasteiger partial charge is 0.266 e. The monoisotopic (exact) mass is 365 g/mol. The van der Waals surface area contributed by atoms with Crippen LogP contribution in [0, 0.1) is 0 Å². The number of anilines is 3. The van der Waals surface area contributed by atoms with Crippen LogP contribution in [0.1, 0.15) is 5.56 Å². The van der Waals surface area contributed by atoms with Crippen molar-refractivity contribution in [3.8, 4) is 5.75 Å². The van der Waals surface area contributed by atoms with Crippen LogP contribution in [0.25, 0.3) is 0 Å². The summed E-state index contributed by atoms with van der Waals surface area (Å²) in [5.74, 6) is 1.54. The van der Waals surface area contributed by atoms with Crippen molar-refractivity contribution in [3.05, 3.63) is 60.2 Å². The Balaban J connectivity index is 1.49. The van der Waals surface area contributed by atoms with Gasteiger partial charge in [-0.3, -0.25) is 0 Å². The van der Waals surface area contributed by atoms with Gasteiger partial charge >= 0.3 is 0 Å². The first kappa shape index (κ1) is 18.5. The molecule has 2 N–H and O–H groups in total. The molecule has 3 rings (SSSR count). The van der Waals surface area contributed by atoms with Crippen molar-refractivity contribution in [3.63, 3.8) is 0 Å². The van der Waals surface area contributed by atoms with E-state index in [1.807, 2.05) is 68.7 Å². The zero-order valence-electron chi connectivity index (χ0n) is 15.5. The number of hydrogen-bond donors (Lipinski definition) is 2. The molecule has 140 valence electrons. The second-order valence-electron chi connectivity index (χ2n) is 6.19. The number of benzene rings is 2. The highest BCUT2D eigenvalue weighted by Crippen LogP contribution is 2.17. The second kappa shape index (κ2) is 9.44. The van der Waals surface area contributed by atoms with Crippen LogP contribution < -0.4 is 15.4 Å². The number of likely N-dealkylation sites (N-methyl/N-ethyl adjacent to an activating group) is 1. The summed E-state index contributed by atoms with van der Waals surface area (Å²) in [5.41, 5.74) is 1.97. The molecule has 0 aliphatic carbocycles. The van der Waals surface area contributed by atoms with Crippen molar-refractivity contribution in [2.45, 2.75) is 6.54 Å². The highest BCUT2D eigenvalue weighted by molar-refractivity contribution is 5.54. The van der Waals surface area contributed by atoms with E-state index in [-0.39, 0.29) is 0 Å². The Bertz CT molecular complexity index is 808. The maximum Gasteiger partial charge on any atom is 0.266 e. The number of aromatic nitrogens is 4. The first-order chi connectivity index (χ1) is 13.2. The minimum absolute atomic E-state index is 0.335. The maximum absolute atomic E-state index is 5.67. The predicted molar refractivity (Wildman–Crippen MR) is 105 cm³/mol. The number of nitrogens with one attached hydrogen (secondary N) is 2. The summed E-state index contributed by atoms with van der Waals surface area (Å²) in [5, 5.41) is 22.3. The number of rotatable bonds is 9. The zero-order valence-corrected chi connectivity index (χ0v) is 15.5. The van der Waals surface area contributed by atoms with E-state index in [9.17, 15) is 0 Å². The largest absolute Gasteiger partial charge is 0.492 e. The van der Waals surface area contributed by atoms with E-state index >= 15 is 0 Å². The summed E-state index contributed by atoms with van der Waals surface area (Å²) in [6, 6.07) is 17.6. The molecule has 0 aliphatic heterocycles. The molecule has 0 aliphatic rings.